The van der Waals surface area contributed by atoms with Crippen LogP contribution in [0.1, 0.15) is 24.8 Å². The van der Waals surface area contributed by atoms with Gasteiger partial charge in [0.2, 0.25) is 0 Å². The van der Waals surface area contributed by atoms with Crippen LogP contribution >= 0.6 is 0 Å². The topological polar surface area (TPSA) is 57.9 Å². The summed E-state index contributed by atoms with van der Waals surface area (Å²) in [6.07, 6.45) is 5.55. The van der Waals surface area contributed by atoms with Gasteiger partial charge in [0.15, 0.2) is 18.1 Å². The quantitative estimate of drug-likeness (QED) is 0.773. The second-order valence-corrected chi connectivity index (χ2v) is 4.62. The van der Waals surface area contributed by atoms with Crippen LogP contribution in [0.25, 0.3) is 0 Å². The van der Waals surface area contributed by atoms with Crippen molar-refractivity contribution in [3.8, 4) is 17.6 Å². The Morgan fingerprint density at radius 2 is 2.10 bits per heavy atom. The van der Waals surface area contributed by atoms with Crippen LogP contribution in [0.15, 0.2) is 23.3 Å². The van der Waals surface area contributed by atoms with Gasteiger partial charge in [0.1, 0.15) is 6.07 Å². The van der Waals surface area contributed by atoms with E-state index in [4.69, 9.17) is 14.7 Å². The molecule has 5 nitrogen and oxygen atoms in total. The fraction of sp³-hybridized carbons (Fsp3) is 0.467. The van der Waals surface area contributed by atoms with Crippen LogP contribution in [0.2, 0.25) is 0 Å². The highest BCUT2D eigenvalue weighted by Gasteiger charge is 2.07. The third kappa shape index (κ3) is 3.89. The largest absolute Gasteiger partial charge is 0.493 e. The van der Waals surface area contributed by atoms with E-state index in [1.807, 2.05) is 24.4 Å². The van der Waals surface area contributed by atoms with Crippen molar-refractivity contribution in [3.05, 3.63) is 23.8 Å². The molecule has 1 fully saturated rings. The maximum atomic E-state index is 8.53. The Balaban J connectivity index is 2.04. The van der Waals surface area contributed by atoms with Gasteiger partial charge in [0, 0.05) is 13.1 Å². The van der Waals surface area contributed by atoms with Crippen molar-refractivity contribution in [2.24, 2.45) is 5.10 Å². The number of nitriles is 1. The summed E-state index contributed by atoms with van der Waals surface area (Å²) in [5.41, 5.74) is 0.955. The van der Waals surface area contributed by atoms with Gasteiger partial charge in [-0.3, -0.25) is 5.01 Å². The maximum absolute atomic E-state index is 8.53. The number of hydrogen-bond acceptors (Lipinski definition) is 5. The Bertz CT molecular complexity index is 502. The zero-order chi connectivity index (χ0) is 14.2. The lowest BCUT2D eigenvalue weighted by Crippen LogP contribution is -2.24. The van der Waals surface area contributed by atoms with E-state index in [0.29, 0.717) is 11.5 Å². The van der Waals surface area contributed by atoms with Crippen LogP contribution in [0.5, 0.6) is 11.5 Å². The highest BCUT2D eigenvalue weighted by molar-refractivity contribution is 5.80. The molecule has 0 bridgehead atoms. The molecule has 0 saturated carbocycles. The lowest BCUT2D eigenvalue weighted by molar-refractivity contribution is 0.240. The van der Waals surface area contributed by atoms with Crippen LogP contribution in [0.3, 0.4) is 0 Å². The maximum Gasteiger partial charge on any atom is 0.174 e. The van der Waals surface area contributed by atoms with Crippen LogP contribution in [0, 0.1) is 11.3 Å². The molecule has 106 valence electrons. The molecule has 1 heterocycles. The fourth-order valence-electron chi connectivity index (χ4n) is 2.13. The Morgan fingerprint density at radius 3 is 2.80 bits per heavy atom. The van der Waals surface area contributed by atoms with Crippen molar-refractivity contribution in [3.63, 3.8) is 0 Å². The fourth-order valence-corrected chi connectivity index (χ4v) is 2.13. The Kier molecular flexibility index (Phi) is 5.24. The van der Waals surface area contributed by atoms with E-state index in [2.05, 4.69) is 10.1 Å². The lowest BCUT2D eigenvalue weighted by Gasteiger charge is -2.23. The van der Waals surface area contributed by atoms with Gasteiger partial charge in [-0.2, -0.15) is 10.4 Å². The molecule has 1 aromatic rings. The molecule has 0 atom stereocenters. The molecule has 1 aromatic carbocycles. The summed E-state index contributed by atoms with van der Waals surface area (Å²) in [5.74, 6) is 1.19. The van der Waals surface area contributed by atoms with Gasteiger partial charge >= 0.3 is 0 Å². The van der Waals surface area contributed by atoms with Crippen molar-refractivity contribution in [2.75, 3.05) is 26.8 Å². The van der Waals surface area contributed by atoms with E-state index in [0.717, 1.165) is 18.7 Å². The first-order valence-corrected chi connectivity index (χ1v) is 6.80. The summed E-state index contributed by atoms with van der Waals surface area (Å²) >= 11 is 0. The van der Waals surface area contributed by atoms with E-state index in [1.165, 1.54) is 19.3 Å². The van der Waals surface area contributed by atoms with Gasteiger partial charge in [-0.25, -0.2) is 0 Å². The molecule has 1 aliphatic rings. The number of rotatable bonds is 5. The number of hydrogen-bond donors (Lipinski definition) is 0. The zero-order valence-electron chi connectivity index (χ0n) is 11.7. The molecule has 0 amide bonds. The molecule has 0 spiro atoms. The highest BCUT2D eigenvalue weighted by Crippen LogP contribution is 2.27. The Hall–Kier alpha value is -2.22. The van der Waals surface area contributed by atoms with Crippen molar-refractivity contribution >= 4 is 6.21 Å². The van der Waals surface area contributed by atoms with Crippen molar-refractivity contribution in [1.82, 2.24) is 5.01 Å². The predicted molar refractivity (Wildman–Crippen MR) is 77.1 cm³/mol. The van der Waals surface area contributed by atoms with Crippen molar-refractivity contribution < 1.29 is 9.47 Å². The number of ether oxygens (including phenoxy) is 2. The van der Waals surface area contributed by atoms with Gasteiger partial charge < -0.3 is 9.47 Å². The van der Waals surface area contributed by atoms with Crippen LogP contribution in [-0.2, 0) is 0 Å². The van der Waals surface area contributed by atoms with Gasteiger partial charge in [-0.1, -0.05) is 0 Å². The summed E-state index contributed by atoms with van der Waals surface area (Å²) in [5, 5.41) is 15.1. The van der Waals surface area contributed by atoms with Crippen molar-refractivity contribution in [1.29, 1.82) is 5.26 Å². The van der Waals surface area contributed by atoms with Gasteiger partial charge in [0.25, 0.3) is 0 Å². The van der Waals surface area contributed by atoms with E-state index in [1.54, 1.807) is 13.2 Å². The molecule has 1 saturated heterocycles. The van der Waals surface area contributed by atoms with Crippen LogP contribution in [0.4, 0.5) is 0 Å². The summed E-state index contributed by atoms with van der Waals surface area (Å²) in [6, 6.07) is 7.51. The van der Waals surface area contributed by atoms with E-state index >= 15 is 0 Å². The van der Waals surface area contributed by atoms with Gasteiger partial charge in [0.05, 0.1) is 13.3 Å². The Labute approximate surface area is 119 Å². The number of benzene rings is 1. The Morgan fingerprint density at radius 1 is 1.30 bits per heavy atom. The minimum absolute atomic E-state index is 0.0115. The summed E-state index contributed by atoms with van der Waals surface area (Å²) in [4.78, 5) is 0. The van der Waals surface area contributed by atoms with E-state index in [9.17, 15) is 0 Å². The monoisotopic (exact) mass is 273 g/mol. The first-order valence-electron chi connectivity index (χ1n) is 6.80. The molecule has 0 radical (unpaired) electrons. The summed E-state index contributed by atoms with van der Waals surface area (Å²) in [6.45, 7) is 2.06. The number of nitrogens with zero attached hydrogens (tertiary/aromatic N) is 3. The van der Waals surface area contributed by atoms with E-state index in [-0.39, 0.29) is 6.61 Å². The molecule has 1 aliphatic heterocycles. The third-order valence-electron chi connectivity index (χ3n) is 3.18. The first kappa shape index (κ1) is 14.2. The highest BCUT2D eigenvalue weighted by atomic mass is 16.5. The normalized spacial score (nSPS) is 15.1. The number of hydrazone groups is 1. The molecule has 0 aromatic heterocycles. The van der Waals surface area contributed by atoms with Crippen LogP contribution < -0.4 is 9.47 Å². The molecule has 0 unspecified atom stereocenters. The number of methoxy groups -OCH3 is 1. The minimum atomic E-state index is 0.0115. The third-order valence-corrected chi connectivity index (χ3v) is 3.18. The molecule has 0 N–H and O–H groups in total. The summed E-state index contributed by atoms with van der Waals surface area (Å²) < 4.78 is 10.6. The molecule has 2 rings (SSSR count). The minimum Gasteiger partial charge on any atom is -0.493 e. The molecular formula is C15H19N3O2. The second kappa shape index (κ2) is 7.39. The average Bonchev–Trinajstić information content (AvgIpc) is 2.52. The second-order valence-electron chi connectivity index (χ2n) is 4.62. The smallest absolute Gasteiger partial charge is 0.174 e. The molecule has 0 aliphatic carbocycles. The average molecular weight is 273 g/mol. The standard InChI is InChI=1S/C15H19N3O2/c1-19-15-11-13(5-6-14(15)20-10-7-16)12-17-18-8-3-2-4-9-18/h5-6,11-12H,2-4,8-10H2,1H3/b17-12-. The zero-order valence-corrected chi connectivity index (χ0v) is 11.7. The molecule has 5 heteroatoms. The summed E-state index contributed by atoms with van der Waals surface area (Å²) in [7, 11) is 1.58. The number of piperidine rings is 1. The van der Waals surface area contributed by atoms with Crippen LogP contribution in [-0.4, -0.2) is 38.0 Å². The lowest BCUT2D eigenvalue weighted by atomic mass is 10.2. The predicted octanol–water partition coefficient (Wildman–Crippen LogP) is 2.42. The van der Waals surface area contributed by atoms with Gasteiger partial charge in [-0.05, 0) is 43.0 Å². The molecular weight excluding hydrogens is 254 g/mol. The van der Waals surface area contributed by atoms with Gasteiger partial charge in [-0.15, -0.1) is 0 Å². The van der Waals surface area contributed by atoms with Crippen molar-refractivity contribution in [2.45, 2.75) is 19.3 Å². The SMILES string of the molecule is COc1cc(/C=N\N2CCCCC2)ccc1OCC#N. The molecule has 20 heavy (non-hydrogen) atoms. The first-order chi connectivity index (χ1) is 9.83. The van der Waals surface area contributed by atoms with E-state index < -0.39 is 0 Å².